The van der Waals surface area contributed by atoms with Crippen molar-refractivity contribution in [2.45, 2.75) is 33.3 Å². The number of rotatable bonds is 2. The van der Waals surface area contributed by atoms with E-state index in [1.807, 2.05) is 6.92 Å². The Hall–Kier alpha value is -1.82. The number of nitrogens with zero attached hydrogens (tertiary/aromatic N) is 1. The Labute approximate surface area is 117 Å². The van der Waals surface area contributed by atoms with E-state index in [9.17, 15) is 9.59 Å². The number of nitrogens with one attached hydrogen (secondary N) is 1. The number of hydrogen-bond acceptors (Lipinski definition) is 3. The van der Waals surface area contributed by atoms with Crippen molar-refractivity contribution in [3.8, 4) is 0 Å². The SMILES string of the molecule is Cc1[nH]c(C(=O)O)c(C)c1C(=O)N1CCCOC(C)C1. The molecule has 0 aliphatic carbocycles. The first-order valence-electron chi connectivity index (χ1n) is 6.75. The maximum absolute atomic E-state index is 12.6. The molecule has 2 rings (SSSR count). The van der Waals surface area contributed by atoms with Crippen molar-refractivity contribution < 1.29 is 19.4 Å². The summed E-state index contributed by atoms with van der Waals surface area (Å²) in [5.74, 6) is -1.17. The summed E-state index contributed by atoms with van der Waals surface area (Å²) in [4.78, 5) is 28.3. The van der Waals surface area contributed by atoms with E-state index in [0.29, 0.717) is 36.5 Å². The Balaban J connectivity index is 2.31. The van der Waals surface area contributed by atoms with Crippen molar-refractivity contribution in [1.82, 2.24) is 9.88 Å². The normalized spacial score (nSPS) is 19.8. The third-order valence-corrected chi connectivity index (χ3v) is 3.60. The van der Waals surface area contributed by atoms with Crippen molar-refractivity contribution in [1.29, 1.82) is 0 Å². The zero-order chi connectivity index (χ0) is 14.9. The van der Waals surface area contributed by atoms with E-state index in [4.69, 9.17) is 9.84 Å². The lowest BCUT2D eigenvalue weighted by molar-refractivity contribution is 0.0562. The Morgan fingerprint density at radius 2 is 2.10 bits per heavy atom. The molecule has 1 saturated heterocycles. The van der Waals surface area contributed by atoms with Crippen LogP contribution >= 0.6 is 0 Å². The molecule has 0 saturated carbocycles. The van der Waals surface area contributed by atoms with Crippen molar-refractivity contribution in [3.63, 3.8) is 0 Å². The standard InChI is InChI=1S/C14H20N2O4/c1-8-7-16(5-4-6-20-8)13(17)11-9(2)12(14(18)19)15-10(11)3/h8,15H,4-7H2,1-3H3,(H,18,19). The number of aromatic nitrogens is 1. The van der Waals surface area contributed by atoms with Gasteiger partial charge in [-0.2, -0.15) is 0 Å². The Morgan fingerprint density at radius 3 is 2.70 bits per heavy atom. The number of hydrogen-bond donors (Lipinski definition) is 2. The molecule has 0 spiro atoms. The van der Waals surface area contributed by atoms with Crippen LogP contribution in [-0.2, 0) is 4.74 Å². The summed E-state index contributed by atoms with van der Waals surface area (Å²) < 4.78 is 5.53. The molecule has 110 valence electrons. The maximum Gasteiger partial charge on any atom is 0.352 e. The highest BCUT2D eigenvalue weighted by molar-refractivity contribution is 6.00. The molecule has 1 atom stereocenters. The summed E-state index contributed by atoms with van der Waals surface area (Å²) in [5.41, 5.74) is 1.65. The first-order valence-corrected chi connectivity index (χ1v) is 6.75. The van der Waals surface area contributed by atoms with Crippen LogP contribution in [0.3, 0.4) is 0 Å². The second-order valence-electron chi connectivity index (χ2n) is 5.22. The van der Waals surface area contributed by atoms with E-state index in [-0.39, 0.29) is 17.7 Å². The molecule has 6 nitrogen and oxygen atoms in total. The molecule has 2 heterocycles. The van der Waals surface area contributed by atoms with E-state index in [1.165, 1.54) is 0 Å². The van der Waals surface area contributed by atoms with Crippen LogP contribution in [0.5, 0.6) is 0 Å². The Kier molecular flexibility index (Phi) is 4.13. The minimum Gasteiger partial charge on any atom is -0.477 e. The van der Waals surface area contributed by atoms with E-state index >= 15 is 0 Å². The molecule has 1 aromatic heterocycles. The average Bonchev–Trinajstić information content (AvgIpc) is 2.56. The molecule has 0 aromatic carbocycles. The first-order chi connectivity index (χ1) is 9.41. The maximum atomic E-state index is 12.6. The molecule has 2 N–H and O–H groups in total. The lowest BCUT2D eigenvalue weighted by Crippen LogP contribution is -2.36. The topological polar surface area (TPSA) is 82.6 Å². The van der Waals surface area contributed by atoms with Gasteiger partial charge in [-0.15, -0.1) is 0 Å². The van der Waals surface area contributed by atoms with Gasteiger partial charge in [0, 0.05) is 25.4 Å². The number of amides is 1. The van der Waals surface area contributed by atoms with Crippen molar-refractivity contribution in [2.24, 2.45) is 0 Å². The number of H-pyrrole nitrogens is 1. The molecule has 0 radical (unpaired) electrons. The fourth-order valence-electron chi connectivity index (χ4n) is 2.62. The van der Waals surface area contributed by atoms with Crippen LogP contribution in [0.2, 0.25) is 0 Å². The molecular weight excluding hydrogens is 260 g/mol. The highest BCUT2D eigenvalue weighted by atomic mass is 16.5. The molecule has 20 heavy (non-hydrogen) atoms. The molecule has 0 bridgehead atoms. The fourth-order valence-corrected chi connectivity index (χ4v) is 2.62. The van der Waals surface area contributed by atoms with E-state index < -0.39 is 5.97 Å². The zero-order valence-electron chi connectivity index (χ0n) is 12.0. The summed E-state index contributed by atoms with van der Waals surface area (Å²) in [6.45, 7) is 7.14. The predicted octanol–water partition coefficient (Wildman–Crippen LogP) is 1.58. The highest BCUT2D eigenvalue weighted by Crippen LogP contribution is 2.21. The van der Waals surface area contributed by atoms with Gasteiger partial charge in [0.1, 0.15) is 5.69 Å². The lowest BCUT2D eigenvalue weighted by atomic mass is 10.1. The van der Waals surface area contributed by atoms with Crippen LogP contribution in [0.4, 0.5) is 0 Å². The van der Waals surface area contributed by atoms with Gasteiger partial charge in [-0.25, -0.2) is 4.79 Å². The van der Waals surface area contributed by atoms with E-state index in [2.05, 4.69) is 4.98 Å². The van der Waals surface area contributed by atoms with Gasteiger partial charge in [-0.3, -0.25) is 4.79 Å². The summed E-state index contributed by atoms with van der Waals surface area (Å²) in [6, 6.07) is 0. The number of carboxylic acids is 1. The van der Waals surface area contributed by atoms with Crippen LogP contribution in [0.1, 0.15) is 45.4 Å². The third kappa shape index (κ3) is 2.70. The molecule has 1 amide bonds. The number of aryl methyl sites for hydroxylation is 1. The van der Waals surface area contributed by atoms with Gasteiger partial charge >= 0.3 is 5.97 Å². The van der Waals surface area contributed by atoms with Gasteiger partial charge in [-0.05, 0) is 32.8 Å². The Morgan fingerprint density at radius 1 is 1.40 bits per heavy atom. The largest absolute Gasteiger partial charge is 0.477 e. The minimum absolute atomic E-state index is 0.0000479. The monoisotopic (exact) mass is 280 g/mol. The van der Waals surface area contributed by atoms with Gasteiger partial charge in [0.25, 0.3) is 5.91 Å². The van der Waals surface area contributed by atoms with Gasteiger partial charge in [0.15, 0.2) is 0 Å². The number of aromatic amines is 1. The van der Waals surface area contributed by atoms with Crippen LogP contribution in [-0.4, -0.2) is 52.7 Å². The second kappa shape index (κ2) is 5.66. The number of carbonyl (C=O) groups is 2. The number of ether oxygens (including phenoxy) is 1. The molecule has 1 aliphatic rings. The first kappa shape index (κ1) is 14.6. The smallest absolute Gasteiger partial charge is 0.352 e. The predicted molar refractivity (Wildman–Crippen MR) is 73.2 cm³/mol. The van der Waals surface area contributed by atoms with Crippen LogP contribution in [0, 0.1) is 13.8 Å². The summed E-state index contributed by atoms with van der Waals surface area (Å²) >= 11 is 0. The Bertz CT molecular complexity index is 536. The van der Waals surface area contributed by atoms with E-state index in [1.54, 1.807) is 18.7 Å². The summed E-state index contributed by atoms with van der Waals surface area (Å²) in [7, 11) is 0. The van der Waals surface area contributed by atoms with Gasteiger partial charge in [0.05, 0.1) is 11.7 Å². The molecule has 1 aliphatic heterocycles. The van der Waals surface area contributed by atoms with Gasteiger partial charge in [0.2, 0.25) is 0 Å². The van der Waals surface area contributed by atoms with Gasteiger partial charge in [-0.1, -0.05) is 0 Å². The second-order valence-corrected chi connectivity index (χ2v) is 5.22. The van der Waals surface area contributed by atoms with Crippen LogP contribution < -0.4 is 0 Å². The van der Waals surface area contributed by atoms with Crippen LogP contribution in [0.15, 0.2) is 0 Å². The average molecular weight is 280 g/mol. The number of carbonyl (C=O) groups excluding carboxylic acids is 1. The lowest BCUT2D eigenvalue weighted by Gasteiger charge is -2.22. The molecule has 1 unspecified atom stereocenters. The molecule has 1 fully saturated rings. The van der Waals surface area contributed by atoms with Crippen molar-refractivity contribution in [3.05, 3.63) is 22.5 Å². The molecule has 6 heteroatoms. The summed E-state index contributed by atoms with van der Waals surface area (Å²) in [6.07, 6.45) is 0.796. The quantitative estimate of drug-likeness (QED) is 0.861. The highest BCUT2D eigenvalue weighted by Gasteiger charge is 2.27. The van der Waals surface area contributed by atoms with Crippen molar-refractivity contribution in [2.75, 3.05) is 19.7 Å². The third-order valence-electron chi connectivity index (χ3n) is 3.60. The minimum atomic E-state index is -1.04. The van der Waals surface area contributed by atoms with Crippen LogP contribution in [0.25, 0.3) is 0 Å². The van der Waals surface area contributed by atoms with Gasteiger partial charge < -0.3 is 19.7 Å². The molecular formula is C14H20N2O4. The summed E-state index contributed by atoms with van der Waals surface area (Å²) in [5, 5.41) is 9.11. The number of carboxylic acid groups (broad SMARTS) is 1. The molecule has 1 aromatic rings. The number of aromatic carboxylic acids is 1. The van der Waals surface area contributed by atoms with Crippen molar-refractivity contribution >= 4 is 11.9 Å². The fraction of sp³-hybridized carbons (Fsp3) is 0.571. The zero-order valence-corrected chi connectivity index (χ0v) is 12.0. The van der Waals surface area contributed by atoms with E-state index in [0.717, 1.165) is 6.42 Å².